The SMILES string of the molecule is C[C@H]1Cc2cc(/C=C3\SC(=S)N(CCCCCC(=O)O)C3=O)ccc2O1. The number of rotatable bonds is 7. The van der Waals surface area contributed by atoms with Crippen molar-refractivity contribution in [1.82, 2.24) is 4.90 Å². The minimum absolute atomic E-state index is 0.0663. The van der Waals surface area contributed by atoms with Gasteiger partial charge in [-0.2, -0.15) is 0 Å². The number of ether oxygens (including phenoxy) is 1. The fourth-order valence-corrected chi connectivity index (χ4v) is 4.41. The highest BCUT2D eigenvalue weighted by molar-refractivity contribution is 8.26. The van der Waals surface area contributed by atoms with Crippen LogP contribution in [0.5, 0.6) is 5.75 Å². The van der Waals surface area contributed by atoms with Gasteiger partial charge in [0.25, 0.3) is 5.91 Å². The number of hydrogen-bond acceptors (Lipinski definition) is 5. The van der Waals surface area contributed by atoms with E-state index in [0.29, 0.717) is 22.2 Å². The van der Waals surface area contributed by atoms with Gasteiger partial charge in [0.15, 0.2) is 0 Å². The first kappa shape index (κ1) is 18.9. The van der Waals surface area contributed by atoms with Crippen LogP contribution in [-0.4, -0.2) is 38.9 Å². The Morgan fingerprint density at radius 1 is 1.42 bits per heavy atom. The number of fused-ring (bicyclic) bond motifs is 1. The lowest BCUT2D eigenvalue weighted by atomic mass is 10.1. The standard InChI is InChI=1S/C19H21NO4S2/c1-12-9-14-10-13(6-7-15(14)24-12)11-16-18(23)20(19(25)26-16)8-4-2-3-5-17(21)22/h6-7,10-12H,2-5,8-9H2,1H3,(H,21,22)/b16-11-/t12-/m0/s1. The van der Waals surface area contributed by atoms with Crippen LogP contribution >= 0.6 is 24.0 Å². The number of unbranched alkanes of at least 4 members (excludes halogenated alkanes) is 2. The monoisotopic (exact) mass is 391 g/mol. The minimum Gasteiger partial charge on any atom is -0.490 e. The van der Waals surface area contributed by atoms with Crippen LogP contribution in [0.15, 0.2) is 23.1 Å². The second-order valence-corrected chi connectivity index (χ2v) is 8.21. The van der Waals surface area contributed by atoms with Crippen molar-refractivity contribution in [3.63, 3.8) is 0 Å². The molecule has 2 aliphatic heterocycles. The number of carbonyl (C=O) groups excluding carboxylic acids is 1. The molecule has 0 radical (unpaired) electrons. The Hall–Kier alpha value is -1.86. The largest absolute Gasteiger partial charge is 0.490 e. The zero-order valence-electron chi connectivity index (χ0n) is 14.6. The molecule has 2 aliphatic rings. The summed E-state index contributed by atoms with van der Waals surface area (Å²) in [4.78, 5) is 25.4. The van der Waals surface area contributed by atoms with Gasteiger partial charge in [0.2, 0.25) is 0 Å². The molecule has 7 heteroatoms. The Kier molecular flexibility index (Phi) is 5.98. The van der Waals surface area contributed by atoms with Gasteiger partial charge in [-0.1, -0.05) is 36.5 Å². The molecule has 1 fully saturated rings. The molecule has 0 aliphatic carbocycles. The molecule has 138 valence electrons. The number of hydrogen-bond donors (Lipinski definition) is 1. The second-order valence-electron chi connectivity index (χ2n) is 6.54. The van der Waals surface area contributed by atoms with E-state index in [1.54, 1.807) is 4.90 Å². The van der Waals surface area contributed by atoms with Gasteiger partial charge in [-0.3, -0.25) is 14.5 Å². The van der Waals surface area contributed by atoms with Crippen LogP contribution in [0.1, 0.15) is 43.7 Å². The lowest BCUT2D eigenvalue weighted by Crippen LogP contribution is -2.29. The van der Waals surface area contributed by atoms with Crippen LogP contribution in [0.2, 0.25) is 0 Å². The summed E-state index contributed by atoms with van der Waals surface area (Å²) in [5, 5.41) is 8.65. The van der Waals surface area contributed by atoms with Crippen molar-refractivity contribution in [2.24, 2.45) is 0 Å². The summed E-state index contributed by atoms with van der Waals surface area (Å²) in [6.45, 7) is 2.58. The number of carboxylic acids is 1. The zero-order valence-corrected chi connectivity index (χ0v) is 16.2. The highest BCUT2D eigenvalue weighted by Crippen LogP contribution is 2.35. The number of amides is 1. The summed E-state index contributed by atoms with van der Waals surface area (Å²) in [7, 11) is 0. The van der Waals surface area contributed by atoms with Crippen molar-refractivity contribution in [3.05, 3.63) is 34.2 Å². The number of nitrogens with zero attached hydrogens (tertiary/aromatic N) is 1. The van der Waals surface area contributed by atoms with Crippen LogP contribution in [0.3, 0.4) is 0 Å². The average Bonchev–Trinajstić information content (AvgIpc) is 3.07. The van der Waals surface area contributed by atoms with E-state index in [2.05, 4.69) is 6.07 Å². The van der Waals surface area contributed by atoms with E-state index in [4.69, 9.17) is 22.1 Å². The summed E-state index contributed by atoms with van der Waals surface area (Å²) in [5.74, 6) is 0.0691. The van der Waals surface area contributed by atoms with Crippen LogP contribution in [-0.2, 0) is 16.0 Å². The molecular weight excluding hydrogens is 370 g/mol. The van der Waals surface area contributed by atoms with Crippen LogP contribution in [0.4, 0.5) is 0 Å². The fourth-order valence-electron chi connectivity index (χ4n) is 3.10. The van der Waals surface area contributed by atoms with Gasteiger partial charge in [-0.05, 0) is 49.1 Å². The first-order chi connectivity index (χ1) is 12.4. The molecule has 1 saturated heterocycles. The molecule has 1 aromatic carbocycles. The van der Waals surface area contributed by atoms with E-state index in [1.165, 1.54) is 17.3 Å². The van der Waals surface area contributed by atoms with Crippen LogP contribution < -0.4 is 4.74 Å². The van der Waals surface area contributed by atoms with Gasteiger partial charge in [0, 0.05) is 19.4 Å². The van der Waals surface area contributed by atoms with Crippen molar-refractivity contribution < 1.29 is 19.4 Å². The third kappa shape index (κ3) is 4.45. The lowest BCUT2D eigenvalue weighted by molar-refractivity contribution is -0.137. The zero-order chi connectivity index (χ0) is 18.7. The Morgan fingerprint density at radius 3 is 3.00 bits per heavy atom. The minimum atomic E-state index is -0.785. The van der Waals surface area contributed by atoms with Gasteiger partial charge in [0.05, 0.1) is 4.91 Å². The van der Waals surface area contributed by atoms with Crippen molar-refractivity contribution in [1.29, 1.82) is 0 Å². The Bertz CT molecular complexity index is 775. The first-order valence-corrected chi connectivity index (χ1v) is 9.93. The number of benzene rings is 1. The third-order valence-electron chi connectivity index (χ3n) is 4.36. The number of carboxylic acid groups (broad SMARTS) is 1. The fraction of sp³-hybridized carbons (Fsp3) is 0.421. The lowest BCUT2D eigenvalue weighted by Gasteiger charge is -2.13. The Balaban J connectivity index is 1.60. The van der Waals surface area contributed by atoms with Crippen LogP contribution in [0.25, 0.3) is 6.08 Å². The maximum absolute atomic E-state index is 12.6. The summed E-state index contributed by atoms with van der Waals surface area (Å²) in [6.07, 6.45) is 5.27. The normalized spacial score (nSPS) is 20.6. The number of aliphatic carboxylic acids is 1. The predicted octanol–water partition coefficient (Wildman–Crippen LogP) is 3.86. The molecule has 3 rings (SSSR count). The molecule has 0 spiro atoms. The van der Waals surface area contributed by atoms with E-state index < -0.39 is 5.97 Å². The topological polar surface area (TPSA) is 66.8 Å². The molecule has 0 unspecified atom stereocenters. The van der Waals surface area contributed by atoms with E-state index in [0.717, 1.165) is 30.6 Å². The quantitative estimate of drug-likeness (QED) is 0.433. The third-order valence-corrected chi connectivity index (χ3v) is 5.74. The smallest absolute Gasteiger partial charge is 0.303 e. The van der Waals surface area contributed by atoms with Crippen molar-refractivity contribution in [2.45, 2.75) is 45.1 Å². The van der Waals surface area contributed by atoms with Crippen molar-refractivity contribution in [3.8, 4) is 5.75 Å². The molecule has 1 N–H and O–H groups in total. The number of thiocarbonyl (C=S) groups is 1. The van der Waals surface area contributed by atoms with Gasteiger partial charge in [-0.15, -0.1) is 0 Å². The highest BCUT2D eigenvalue weighted by atomic mass is 32.2. The summed E-state index contributed by atoms with van der Waals surface area (Å²) < 4.78 is 6.27. The summed E-state index contributed by atoms with van der Waals surface area (Å²) in [5.41, 5.74) is 2.14. The van der Waals surface area contributed by atoms with E-state index >= 15 is 0 Å². The van der Waals surface area contributed by atoms with E-state index in [-0.39, 0.29) is 18.4 Å². The molecular formula is C19H21NO4S2. The molecule has 0 aromatic heterocycles. The van der Waals surface area contributed by atoms with Gasteiger partial charge in [0.1, 0.15) is 16.2 Å². The Morgan fingerprint density at radius 2 is 2.23 bits per heavy atom. The molecule has 1 aromatic rings. The van der Waals surface area contributed by atoms with Crippen molar-refractivity contribution >= 4 is 46.3 Å². The first-order valence-electron chi connectivity index (χ1n) is 8.71. The maximum Gasteiger partial charge on any atom is 0.303 e. The molecule has 1 atom stereocenters. The summed E-state index contributed by atoms with van der Waals surface area (Å²) >= 11 is 6.66. The Labute approximate surface area is 162 Å². The molecule has 5 nitrogen and oxygen atoms in total. The molecule has 1 amide bonds. The van der Waals surface area contributed by atoms with Gasteiger partial charge in [-0.25, -0.2) is 0 Å². The summed E-state index contributed by atoms with van der Waals surface area (Å²) in [6, 6.07) is 5.97. The molecule has 2 heterocycles. The second kappa shape index (κ2) is 8.22. The number of thioether (sulfide) groups is 1. The van der Waals surface area contributed by atoms with Crippen LogP contribution in [0, 0.1) is 0 Å². The van der Waals surface area contributed by atoms with Crippen molar-refractivity contribution in [2.75, 3.05) is 6.54 Å². The number of carbonyl (C=O) groups is 2. The molecule has 0 saturated carbocycles. The predicted molar refractivity (Wildman–Crippen MR) is 106 cm³/mol. The van der Waals surface area contributed by atoms with E-state index in [9.17, 15) is 9.59 Å². The molecule has 0 bridgehead atoms. The van der Waals surface area contributed by atoms with E-state index in [1.807, 2.05) is 25.1 Å². The average molecular weight is 392 g/mol. The van der Waals surface area contributed by atoms with Gasteiger partial charge < -0.3 is 9.84 Å². The highest BCUT2D eigenvalue weighted by Gasteiger charge is 2.31. The maximum atomic E-state index is 12.6. The van der Waals surface area contributed by atoms with Gasteiger partial charge >= 0.3 is 5.97 Å². The molecule has 26 heavy (non-hydrogen) atoms.